The van der Waals surface area contributed by atoms with Gasteiger partial charge in [0.2, 0.25) is 5.82 Å². The van der Waals surface area contributed by atoms with E-state index >= 15 is 0 Å². The molecule has 2 aliphatic carbocycles. The summed E-state index contributed by atoms with van der Waals surface area (Å²) >= 11 is 0. The topological polar surface area (TPSA) is 59.3 Å². The van der Waals surface area contributed by atoms with E-state index in [9.17, 15) is 22.7 Å². The fourth-order valence-corrected chi connectivity index (χ4v) is 4.91. The Bertz CT molecular complexity index is 1150. The first-order valence-electron chi connectivity index (χ1n) is 12.7. The molecular weight excluding hydrogens is 498 g/mol. The molecule has 0 amide bonds. The van der Waals surface area contributed by atoms with E-state index in [-0.39, 0.29) is 12.4 Å². The summed E-state index contributed by atoms with van der Waals surface area (Å²) in [5, 5.41) is 12.9. The summed E-state index contributed by atoms with van der Waals surface area (Å²) in [5.74, 6) is 0.525. The van der Waals surface area contributed by atoms with Gasteiger partial charge in [0.1, 0.15) is 11.6 Å². The molecule has 1 fully saturated rings. The highest BCUT2D eigenvalue weighted by atomic mass is 19.4. The van der Waals surface area contributed by atoms with Crippen LogP contribution in [0.5, 0.6) is 0 Å². The van der Waals surface area contributed by atoms with E-state index in [2.05, 4.69) is 16.4 Å². The van der Waals surface area contributed by atoms with Crippen LogP contribution < -0.4 is 5.32 Å². The van der Waals surface area contributed by atoms with E-state index in [0.717, 1.165) is 47.7 Å². The Morgan fingerprint density at radius 2 is 1.97 bits per heavy atom. The molecule has 1 aromatic heterocycles. The van der Waals surface area contributed by atoms with Gasteiger partial charge in [-0.1, -0.05) is 30.4 Å². The molecule has 1 heterocycles. The van der Waals surface area contributed by atoms with E-state index in [1.54, 1.807) is 43.5 Å². The highest BCUT2D eigenvalue weighted by Gasteiger charge is 2.36. The molecule has 0 bridgehead atoms. The number of alkyl halides is 3. The minimum absolute atomic E-state index is 0.000972. The van der Waals surface area contributed by atoms with Crippen LogP contribution in [0.3, 0.4) is 0 Å². The number of aliphatic hydroxyl groups is 1. The second kappa shape index (κ2) is 14.1. The van der Waals surface area contributed by atoms with E-state index in [4.69, 9.17) is 4.74 Å². The van der Waals surface area contributed by atoms with Crippen molar-refractivity contribution < 1.29 is 27.4 Å². The Balaban J connectivity index is 0.000000494. The number of benzene rings is 1. The highest BCUT2D eigenvalue weighted by Crippen LogP contribution is 2.36. The number of nitrogens with zero attached hydrogens (tertiary/aromatic N) is 2. The number of halogens is 4. The molecule has 2 aliphatic rings. The van der Waals surface area contributed by atoms with Crippen LogP contribution in [0.4, 0.5) is 17.6 Å². The largest absolute Gasteiger partial charge is 0.496 e. The van der Waals surface area contributed by atoms with E-state index in [1.165, 1.54) is 18.3 Å². The number of hydrogen-bond acceptors (Lipinski definition) is 4. The average molecular weight is 534 g/mol. The third-order valence-corrected chi connectivity index (χ3v) is 6.62. The summed E-state index contributed by atoms with van der Waals surface area (Å²) in [6, 6.07) is 7.94. The second-order valence-corrected chi connectivity index (χ2v) is 9.29. The predicted molar refractivity (Wildman–Crippen MR) is 140 cm³/mol. The standard InChI is InChI=1S/C23H30F3N3O2.C6H5F/c1-27-15-17-4-3-16(13-17)14-18(9-12-30)20-7-5-19(6-8-21(20)31-2)29-11-10-28-22(29)23(24,25)26;7-6-4-2-1-3-5-6/h5-6,8,10-11,14,16-17,27,30H,3-4,7,9,12-13,15H2,1-2H3;1-5H/b18-14+;/t16-,17+;/m1./s1. The first-order chi connectivity index (χ1) is 18.3. The number of aromatic nitrogens is 2. The van der Waals surface area contributed by atoms with Crippen molar-refractivity contribution in [3.8, 4) is 0 Å². The molecule has 38 heavy (non-hydrogen) atoms. The summed E-state index contributed by atoms with van der Waals surface area (Å²) in [5.41, 5.74) is 2.28. The van der Waals surface area contributed by atoms with Gasteiger partial charge in [-0.2, -0.15) is 13.2 Å². The van der Waals surface area contributed by atoms with Gasteiger partial charge < -0.3 is 15.2 Å². The van der Waals surface area contributed by atoms with Gasteiger partial charge in [-0.05, 0) is 87.4 Å². The molecule has 2 N–H and O–H groups in total. The molecule has 1 aromatic carbocycles. The van der Waals surface area contributed by atoms with Crippen LogP contribution in [0.25, 0.3) is 5.70 Å². The van der Waals surface area contributed by atoms with Gasteiger partial charge in [-0.25, -0.2) is 9.37 Å². The maximum atomic E-state index is 13.3. The molecule has 0 aliphatic heterocycles. The zero-order valence-corrected chi connectivity index (χ0v) is 21.7. The van der Waals surface area contributed by atoms with Crippen molar-refractivity contribution in [3.63, 3.8) is 0 Å². The molecule has 0 spiro atoms. The molecule has 2 aromatic rings. The van der Waals surface area contributed by atoms with Crippen molar-refractivity contribution in [2.24, 2.45) is 11.8 Å². The van der Waals surface area contributed by atoms with Crippen molar-refractivity contribution in [2.75, 3.05) is 27.3 Å². The first kappa shape index (κ1) is 29.4. The maximum absolute atomic E-state index is 13.3. The fraction of sp³-hybridized carbons (Fsp3) is 0.414. The number of ether oxygens (including phenoxy) is 1. The highest BCUT2D eigenvalue weighted by molar-refractivity contribution is 5.62. The van der Waals surface area contributed by atoms with Gasteiger partial charge in [0, 0.05) is 30.3 Å². The van der Waals surface area contributed by atoms with Crippen LogP contribution in [0, 0.1) is 17.7 Å². The van der Waals surface area contributed by atoms with Crippen LogP contribution in [-0.4, -0.2) is 42.0 Å². The van der Waals surface area contributed by atoms with Crippen molar-refractivity contribution in [2.45, 2.75) is 38.3 Å². The van der Waals surface area contributed by atoms with Crippen molar-refractivity contribution in [1.29, 1.82) is 0 Å². The Morgan fingerprint density at radius 3 is 2.58 bits per heavy atom. The number of hydrogen-bond donors (Lipinski definition) is 2. The van der Waals surface area contributed by atoms with Gasteiger partial charge in [0.15, 0.2) is 0 Å². The number of rotatable bonds is 8. The lowest BCUT2D eigenvalue weighted by atomic mass is 9.93. The zero-order valence-electron chi connectivity index (χ0n) is 21.7. The average Bonchev–Trinajstić information content (AvgIpc) is 3.50. The monoisotopic (exact) mass is 533 g/mol. The maximum Gasteiger partial charge on any atom is 0.450 e. The van der Waals surface area contributed by atoms with Crippen molar-refractivity contribution in [1.82, 2.24) is 14.9 Å². The Kier molecular flexibility index (Phi) is 10.9. The third-order valence-electron chi connectivity index (χ3n) is 6.62. The lowest BCUT2D eigenvalue weighted by molar-refractivity contribution is -0.145. The number of methoxy groups -OCH3 is 1. The van der Waals surface area contributed by atoms with Gasteiger partial charge in [0.25, 0.3) is 0 Å². The smallest absolute Gasteiger partial charge is 0.450 e. The minimum Gasteiger partial charge on any atom is -0.496 e. The molecule has 5 nitrogen and oxygen atoms in total. The van der Waals surface area contributed by atoms with E-state index < -0.39 is 12.0 Å². The molecule has 4 rings (SSSR count). The summed E-state index contributed by atoms with van der Waals surface area (Å²) in [4.78, 5) is 3.48. The van der Waals surface area contributed by atoms with Crippen LogP contribution in [0.15, 0.2) is 83.9 Å². The number of imidazole rings is 1. The quantitative estimate of drug-likeness (QED) is 0.387. The molecular formula is C29H35F4N3O2. The molecule has 0 radical (unpaired) electrons. The molecule has 0 unspecified atom stereocenters. The van der Waals surface area contributed by atoms with Crippen LogP contribution in [0.1, 0.15) is 37.9 Å². The molecule has 0 saturated heterocycles. The van der Waals surface area contributed by atoms with Gasteiger partial charge >= 0.3 is 6.18 Å². The Labute approximate surface area is 221 Å². The second-order valence-electron chi connectivity index (χ2n) is 9.29. The van der Waals surface area contributed by atoms with Gasteiger partial charge in [0.05, 0.1) is 7.11 Å². The van der Waals surface area contributed by atoms with Gasteiger partial charge in [-0.15, -0.1) is 0 Å². The zero-order chi connectivity index (χ0) is 27.5. The molecule has 1 saturated carbocycles. The van der Waals surface area contributed by atoms with Gasteiger partial charge in [-0.3, -0.25) is 4.57 Å². The normalized spacial score (nSPS) is 20.1. The molecule has 9 heteroatoms. The van der Waals surface area contributed by atoms with Crippen LogP contribution >= 0.6 is 0 Å². The summed E-state index contributed by atoms with van der Waals surface area (Å²) < 4.78 is 58.4. The van der Waals surface area contributed by atoms with E-state index in [1.807, 2.05) is 7.05 Å². The third kappa shape index (κ3) is 8.16. The minimum atomic E-state index is -4.54. The summed E-state index contributed by atoms with van der Waals surface area (Å²) in [6.45, 7) is 0.992. The summed E-state index contributed by atoms with van der Waals surface area (Å²) in [7, 11) is 3.51. The number of nitrogens with one attached hydrogen (secondary N) is 1. The molecule has 2 atom stereocenters. The van der Waals surface area contributed by atoms with Crippen molar-refractivity contribution >= 4 is 5.70 Å². The first-order valence-corrected chi connectivity index (χ1v) is 12.7. The lowest BCUT2D eigenvalue weighted by Crippen LogP contribution is -2.16. The number of aliphatic hydroxyl groups excluding tert-OH is 1. The van der Waals surface area contributed by atoms with Crippen LogP contribution in [-0.2, 0) is 10.9 Å². The lowest BCUT2D eigenvalue weighted by Gasteiger charge is -2.16. The van der Waals surface area contributed by atoms with E-state index in [0.29, 0.717) is 36.1 Å². The fourth-order valence-electron chi connectivity index (χ4n) is 4.91. The van der Waals surface area contributed by atoms with Crippen LogP contribution in [0.2, 0.25) is 0 Å². The number of allylic oxidation sites excluding steroid dienone is 6. The Morgan fingerprint density at radius 1 is 1.21 bits per heavy atom. The van der Waals surface area contributed by atoms with Crippen molar-refractivity contribution in [3.05, 3.63) is 95.6 Å². The molecule has 206 valence electrons. The predicted octanol–water partition coefficient (Wildman–Crippen LogP) is 6.37. The Hall–Kier alpha value is -3.17. The summed E-state index contributed by atoms with van der Waals surface area (Å²) in [6.07, 6.45) is 9.41. The SMILES string of the molecule is CNC[C@H]1CC[C@@H](/C=C(\CCO)C2=C(OC)C=CC(n3ccnc3C(F)(F)F)=CC2)C1.Fc1ccccc1.